The molecule has 0 radical (unpaired) electrons. The normalized spacial score (nSPS) is 17.7. The third kappa shape index (κ3) is 5.25. The Hall–Kier alpha value is -2.78. The van der Waals surface area contributed by atoms with Crippen LogP contribution in [0.25, 0.3) is 11.1 Å². The van der Waals surface area contributed by atoms with Gasteiger partial charge in [0.15, 0.2) is 0 Å². The van der Waals surface area contributed by atoms with E-state index in [9.17, 15) is 18.7 Å². The minimum atomic E-state index is -2.75. The van der Waals surface area contributed by atoms with Gasteiger partial charge in [-0.3, -0.25) is 4.98 Å². The van der Waals surface area contributed by atoms with Gasteiger partial charge in [0.05, 0.1) is 31.1 Å². The SMILES string of the molecule is CCOc1cncc(-c2ccc(NC3(C(=O)O)CCOCC3)cc2COC2CC2)c1C(F)F. The van der Waals surface area contributed by atoms with Crippen LogP contribution in [0.15, 0.2) is 30.6 Å². The molecule has 1 saturated carbocycles. The summed E-state index contributed by atoms with van der Waals surface area (Å²) in [6.07, 6.45) is 2.71. The molecule has 9 heteroatoms. The number of halogens is 2. The Kier molecular flexibility index (Phi) is 7.09. The number of anilines is 1. The van der Waals surface area contributed by atoms with Gasteiger partial charge in [-0.15, -0.1) is 0 Å². The standard InChI is InChI=1S/C24H28F2N2O5/c1-2-32-20-13-27-12-19(21(20)22(25)26)18-6-3-16(11-15(18)14-33-17-4-5-17)28-24(23(29)30)7-9-31-10-8-24/h3,6,11-13,17,22,28H,2,4-5,7-10,14H2,1H3,(H,29,30). The lowest BCUT2D eigenvalue weighted by atomic mass is 9.89. The Balaban J connectivity index is 1.73. The molecule has 2 fully saturated rings. The first-order valence-corrected chi connectivity index (χ1v) is 11.2. The number of hydrogen-bond donors (Lipinski definition) is 2. The van der Waals surface area contributed by atoms with E-state index in [1.807, 2.05) is 0 Å². The van der Waals surface area contributed by atoms with Crippen LogP contribution < -0.4 is 10.1 Å². The average molecular weight is 462 g/mol. The molecule has 1 aromatic carbocycles. The van der Waals surface area contributed by atoms with E-state index in [4.69, 9.17) is 14.2 Å². The molecule has 2 aliphatic rings. The van der Waals surface area contributed by atoms with Gasteiger partial charge in [0.1, 0.15) is 11.3 Å². The first kappa shape index (κ1) is 23.4. The maximum absolute atomic E-state index is 14.1. The van der Waals surface area contributed by atoms with Crippen LogP contribution in [-0.4, -0.2) is 47.5 Å². The van der Waals surface area contributed by atoms with E-state index in [1.54, 1.807) is 25.1 Å². The predicted octanol–water partition coefficient (Wildman–Crippen LogP) is 4.81. The Morgan fingerprint density at radius 1 is 1.27 bits per heavy atom. The van der Waals surface area contributed by atoms with Crippen molar-refractivity contribution in [2.24, 2.45) is 0 Å². The lowest BCUT2D eigenvalue weighted by molar-refractivity contribution is -0.145. The summed E-state index contributed by atoms with van der Waals surface area (Å²) < 4.78 is 44.7. The Bertz CT molecular complexity index is 991. The second-order valence-corrected chi connectivity index (χ2v) is 8.34. The number of aliphatic carboxylic acids is 1. The number of benzene rings is 1. The number of pyridine rings is 1. The van der Waals surface area contributed by atoms with Crippen LogP contribution in [0.4, 0.5) is 14.5 Å². The minimum absolute atomic E-state index is 0.0494. The smallest absolute Gasteiger partial charge is 0.329 e. The van der Waals surface area contributed by atoms with Gasteiger partial charge in [0, 0.05) is 43.5 Å². The molecule has 1 saturated heterocycles. The summed E-state index contributed by atoms with van der Waals surface area (Å²) in [7, 11) is 0. The van der Waals surface area contributed by atoms with Crippen LogP contribution in [0.3, 0.4) is 0 Å². The summed E-state index contributed by atoms with van der Waals surface area (Å²) in [6, 6.07) is 5.20. The highest BCUT2D eigenvalue weighted by molar-refractivity contribution is 5.83. The Labute approximate surface area is 191 Å². The number of rotatable bonds is 10. The average Bonchev–Trinajstić information content (AvgIpc) is 3.63. The molecule has 0 atom stereocenters. The highest BCUT2D eigenvalue weighted by Gasteiger charge is 2.40. The number of nitrogens with zero attached hydrogens (tertiary/aromatic N) is 1. The number of carboxylic acid groups (broad SMARTS) is 1. The topological polar surface area (TPSA) is 89.9 Å². The van der Waals surface area contributed by atoms with Crippen LogP contribution in [-0.2, 0) is 20.9 Å². The number of carbonyl (C=O) groups is 1. The van der Waals surface area contributed by atoms with Crippen molar-refractivity contribution in [3.8, 4) is 16.9 Å². The third-order valence-corrected chi connectivity index (χ3v) is 6.00. The van der Waals surface area contributed by atoms with Gasteiger partial charge in [-0.2, -0.15) is 0 Å². The number of ether oxygens (including phenoxy) is 3. The van der Waals surface area contributed by atoms with Gasteiger partial charge in [-0.1, -0.05) is 6.07 Å². The van der Waals surface area contributed by atoms with E-state index in [0.29, 0.717) is 42.9 Å². The van der Waals surface area contributed by atoms with Gasteiger partial charge in [0.2, 0.25) is 0 Å². The van der Waals surface area contributed by atoms with E-state index in [1.165, 1.54) is 12.4 Å². The molecule has 1 aliphatic carbocycles. The zero-order chi connectivity index (χ0) is 23.4. The van der Waals surface area contributed by atoms with Crippen LogP contribution >= 0.6 is 0 Å². The van der Waals surface area contributed by atoms with E-state index in [2.05, 4.69) is 10.3 Å². The van der Waals surface area contributed by atoms with Crippen molar-refractivity contribution in [2.45, 2.75) is 57.3 Å². The fourth-order valence-corrected chi connectivity index (χ4v) is 4.05. The van der Waals surface area contributed by atoms with Crippen molar-refractivity contribution < 1.29 is 32.9 Å². The van der Waals surface area contributed by atoms with Crippen molar-refractivity contribution in [2.75, 3.05) is 25.1 Å². The number of nitrogens with one attached hydrogen (secondary N) is 1. The fraction of sp³-hybridized carbons (Fsp3) is 0.500. The summed E-state index contributed by atoms with van der Waals surface area (Å²) in [5.74, 6) is -0.896. The molecule has 1 aromatic heterocycles. The minimum Gasteiger partial charge on any atom is -0.492 e. The van der Waals surface area contributed by atoms with Crippen LogP contribution in [0.2, 0.25) is 0 Å². The first-order chi connectivity index (χ1) is 15.9. The molecule has 178 valence electrons. The molecule has 4 rings (SSSR count). The Morgan fingerprint density at radius 2 is 2.03 bits per heavy atom. The number of alkyl halides is 2. The van der Waals surface area contributed by atoms with E-state index in [-0.39, 0.29) is 36.2 Å². The largest absolute Gasteiger partial charge is 0.492 e. The van der Waals surface area contributed by atoms with Crippen molar-refractivity contribution in [1.29, 1.82) is 0 Å². The molecule has 0 amide bonds. The fourth-order valence-electron chi connectivity index (χ4n) is 4.05. The second kappa shape index (κ2) is 10.0. The quantitative estimate of drug-likeness (QED) is 0.524. The number of carboxylic acids is 1. The van der Waals surface area contributed by atoms with Gasteiger partial charge in [0.25, 0.3) is 6.43 Å². The summed E-state index contributed by atoms with van der Waals surface area (Å²) in [6.45, 7) is 2.89. The van der Waals surface area contributed by atoms with Crippen molar-refractivity contribution in [1.82, 2.24) is 4.98 Å². The predicted molar refractivity (Wildman–Crippen MR) is 118 cm³/mol. The van der Waals surface area contributed by atoms with Gasteiger partial charge in [-0.25, -0.2) is 13.6 Å². The molecule has 0 unspecified atom stereocenters. The highest BCUT2D eigenvalue weighted by atomic mass is 19.3. The summed E-state index contributed by atoms with van der Waals surface area (Å²) in [4.78, 5) is 16.2. The zero-order valence-corrected chi connectivity index (χ0v) is 18.5. The van der Waals surface area contributed by atoms with E-state index < -0.39 is 17.9 Å². The molecule has 2 heterocycles. The third-order valence-electron chi connectivity index (χ3n) is 6.00. The zero-order valence-electron chi connectivity index (χ0n) is 18.5. The summed E-state index contributed by atoms with van der Waals surface area (Å²) in [5, 5.41) is 13.0. The number of aromatic nitrogens is 1. The lowest BCUT2D eigenvalue weighted by Gasteiger charge is -2.35. The molecular formula is C24H28F2N2O5. The molecule has 2 aromatic rings. The molecule has 0 bridgehead atoms. The molecule has 7 nitrogen and oxygen atoms in total. The van der Waals surface area contributed by atoms with Gasteiger partial charge < -0.3 is 24.6 Å². The van der Waals surface area contributed by atoms with Gasteiger partial charge >= 0.3 is 5.97 Å². The van der Waals surface area contributed by atoms with Crippen molar-refractivity contribution in [3.63, 3.8) is 0 Å². The highest BCUT2D eigenvalue weighted by Crippen LogP contribution is 2.40. The molecular weight excluding hydrogens is 434 g/mol. The second-order valence-electron chi connectivity index (χ2n) is 8.34. The van der Waals surface area contributed by atoms with Crippen LogP contribution in [0.1, 0.15) is 50.2 Å². The summed E-state index contributed by atoms with van der Waals surface area (Å²) in [5.41, 5.74) is 0.741. The monoisotopic (exact) mass is 462 g/mol. The maximum atomic E-state index is 14.1. The molecule has 1 aliphatic heterocycles. The lowest BCUT2D eigenvalue weighted by Crippen LogP contribution is -2.50. The van der Waals surface area contributed by atoms with Crippen molar-refractivity contribution >= 4 is 11.7 Å². The van der Waals surface area contributed by atoms with E-state index in [0.717, 1.165) is 12.8 Å². The van der Waals surface area contributed by atoms with Gasteiger partial charge in [-0.05, 0) is 43.0 Å². The van der Waals surface area contributed by atoms with E-state index >= 15 is 0 Å². The summed E-state index contributed by atoms with van der Waals surface area (Å²) >= 11 is 0. The van der Waals surface area contributed by atoms with Crippen LogP contribution in [0, 0.1) is 0 Å². The first-order valence-electron chi connectivity index (χ1n) is 11.2. The Morgan fingerprint density at radius 3 is 2.67 bits per heavy atom. The molecule has 0 spiro atoms. The number of hydrogen-bond acceptors (Lipinski definition) is 6. The molecule has 33 heavy (non-hydrogen) atoms. The van der Waals surface area contributed by atoms with Crippen molar-refractivity contribution in [3.05, 3.63) is 41.7 Å². The molecule has 2 N–H and O–H groups in total. The van der Waals surface area contributed by atoms with Crippen LogP contribution in [0.5, 0.6) is 5.75 Å². The maximum Gasteiger partial charge on any atom is 0.329 e.